The molecule has 0 aromatic rings. The van der Waals surface area contributed by atoms with Crippen LogP contribution in [0, 0.1) is 0 Å². The number of hydrogen-bond donors (Lipinski definition) is 0. The molecule has 0 saturated heterocycles. The lowest BCUT2D eigenvalue weighted by Gasteiger charge is -2.18. The van der Waals surface area contributed by atoms with Gasteiger partial charge in [0.05, 0.1) is 0 Å². The van der Waals surface area contributed by atoms with Crippen molar-refractivity contribution in [3.8, 4) is 0 Å². The van der Waals surface area contributed by atoms with Gasteiger partial charge in [-0.05, 0) is 122 Å². The van der Waals surface area contributed by atoms with Gasteiger partial charge in [-0.2, -0.15) is 0 Å². The van der Waals surface area contributed by atoms with E-state index in [1.165, 1.54) is 44.9 Å². The maximum Gasteiger partial charge on any atom is 0.306 e. The van der Waals surface area contributed by atoms with Crippen molar-refractivity contribution < 1.29 is 28.6 Å². The summed E-state index contributed by atoms with van der Waals surface area (Å²) in [6.07, 6.45) is 70.7. The Balaban J connectivity index is 4.48. The number of ether oxygens (including phenoxy) is 3. The van der Waals surface area contributed by atoms with Crippen molar-refractivity contribution in [3.05, 3.63) is 109 Å². The standard InChI is InChI=1S/C59H96O6/c1-4-7-10-13-16-19-22-25-27-29-30-31-33-34-37-40-43-46-49-52-58(61)64-55-56(54-63-57(60)51-48-45-42-39-36-24-21-18-15-12-9-6-3)65-59(62)53-50-47-44-41-38-35-32-28-26-23-20-17-14-11-8-5-2/h7-8,10-11,16-21,25-28,30-31,34,37,56H,4-6,9,12-15,22-24,29,32-33,35-36,38-55H2,1-3H3/b10-7-,11-8-,19-16-,20-17-,21-18-,27-25-,28-26-,31-30-,37-34-. The lowest BCUT2D eigenvalue weighted by atomic mass is 10.1. The summed E-state index contributed by atoms with van der Waals surface area (Å²) >= 11 is 0. The fourth-order valence-electron chi connectivity index (χ4n) is 6.83. The molecule has 1 unspecified atom stereocenters. The normalized spacial score (nSPS) is 13.0. The van der Waals surface area contributed by atoms with Crippen molar-refractivity contribution in [1.82, 2.24) is 0 Å². The monoisotopic (exact) mass is 901 g/mol. The van der Waals surface area contributed by atoms with Gasteiger partial charge in [0.15, 0.2) is 6.10 Å². The van der Waals surface area contributed by atoms with Crippen LogP contribution in [0.25, 0.3) is 0 Å². The molecule has 0 aromatic carbocycles. The van der Waals surface area contributed by atoms with Gasteiger partial charge >= 0.3 is 17.9 Å². The van der Waals surface area contributed by atoms with Crippen LogP contribution in [0.5, 0.6) is 0 Å². The van der Waals surface area contributed by atoms with E-state index < -0.39 is 6.10 Å². The number of hydrogen-bond acceptors (Lipinski definition) is 6. The zero-order valence-corrected chi connectivity index (χ0v) is 42.0. The number of carbonyl (C=O) groups excluding carboxylic acids is 3. The van der Waals surface area contributed by atoms with E-state index in [2.05, 4.69) is 130 Å². The summed E-state index contributed by atoms with van der Waals surface area (Å²) in [5.41, 5.74) is 0. The summed E-state index contributed by atoms with van der Waals surface area (Å²) in [5, 5.41) is 0. The molecule has 0 bridgehead atoms. The first-order valence-corrected chi connectivity index (χ1v) is 26.4. The summed E-state index contributed by atoms with van der Waals surface area (Å²) in [6.45, 7) is 6.33. The quantitative estimate of drug-likeness (QED) is 0.0262. The number of carbonyl (C=O) groups is 3. The third kappa shape index (κ3) is 50.9. The first-order chi connectivity index (χ1) is 32.0. The molecule has 0 rings (SSSR count). The average Bonchev–Trinajstić information content (AvgIpc) is 3.30. The van der Waals surface area contributed by atoms with Crippen LogP contribution < -0.4 is 0 Å². The van der Waals surface area contributed by atoms with Crippen molar-refractivity contribution in [2.45, 2.75) is 232 Å². The Morgan fingerprint density at radius 2 is 0.600 bits per heavy atom. The summed E-state index contributed by atoms with van der Waals surface area (Å²) in [7, 11) is 0. The van der Waals surface area contributed by atoms with Gasteiger partial charge in [0.25, 0.3) is 0 Å². The Morgan fingerprint density at radius 3 is 0.969 bits per heavy atom. The summed E-state index contributed by atoms with van der Waals surface area (Å²) in [6, 6.07) is 0. The summed E-state index contributed by atoms with van der Waals surface area (Å²) in [4.78, 5) is 38.0. The van der Waals surface area contributed by atoms with E-state index in [9.17, 15) is 14.4 Å². The first-order valence-electron chi connectivity index (χ1n) is 26.4. The van der Waals surface area contributed by atoms with Crippen LogP contribution in [0.15, 0.2) is 109 Å². The molecule has 0 fully saturated rings. The van der Waals surface area contributed by atoms with Crippen LogP contribution in [-0.4, -0.2) is 37.2 Å². The van der Waals surface area contributed by atoms with Gasteiger partial charge < -0.3 is 14.2 Å². The number of rotatable bonds is 46. The molecule has 0 spiro atoms. The average molecular weight is 901 g/mol. The predicted octanol–water partition coefficient (Wildman–Crippen LogP) is 17.5. The van der Waals surface area contributed by atoms with E-state index in [1.807, 2.05) is 0 Å². The first kappa shape index (κ1) is 61.1. The van der Waals surface area contributed by atoms with Crippen LogP contribution in [0.3, 0.4) is 0 Å². The fraction of sp³-hybridized carbons (Fsp3) is 0.644. The van der Waals surface area contributed by atoms with Gasteiger partial charge in [0.2, 0.25) is 0 Å². The molecule has 0 radical (unpaired) electrons. The highest BCUT2D eigenvalue weighted by Gasteiger charge is 2.19. The smallest absolute Gasteiger partial charge is 0.306 e. The second-order valence-corrected chi connectivity index (χ2v) is 17.0. The maximum atomic E-state index is 12.8. The molecule has 0 saturated carbocycles. The Bertz CT molecular complexity index is 1360. The highest BCUT2D eigenvalue weighted by Crippen LogP contribution is 2.13. The Morgan fingerprint density at radius 1 is 0.323 bits per heavy atom. The SMILES string of the molecule is CC/C=C\C/C=C\C/C=C\C/C=C\C/C=C\CCCCCC(=O)OCC(COC(=O)CCCCCCC/C=C\CCCCC)OC(=O)CCCCCCCC/C=C\C/C=C\C/C=C\CC. The predicted molar refractivity (Wildman–Crippen MR) is 279 cm³/mol. The van der Waals surface area contributed by atoms with Gasteiger partial charge in [-0.25, -0.2) is 0 Å². The highest BCUT2D eigenvalue weighted by molar-refractivity contribution is 5.71. The topological polar surface area (TPSA) is 78.9 Å². The molecule has 0 amide bonds. The lowest BCUT2D eigenvalue weighted by Crippen LogP contribution is -2.30. The Hall–Kier alpha value is -3.93. The van der Waals surface area contributed by atoms with Crippen molar-refractivity contribution >= 4 is 17.9 Å². The molecule has 65 heavy (non-hydrogen) atoms. The highest BCUT2D eigenvalue weighted by atomic mass is 16.6. The number of esters is 3. The zero-order valence-electron chi connectivity index (χ0n) is 42.0. The van der Waals surface area contributed by atoms with Crippen LogP contribution in [0.1, 0.15) is 226 Å². The van der Waals surface area contributed by atoms with Crippen LogP contribution in [0.2, 0.25) is 0 Å². The molecule has 6 nitrogen and oxygen atoms in total. The molecular weight excluding hydrogens is 805 g/mol. The summed E-state index contributed by atoms with van der Waals surface area (Å²) < 4.78 is 16.8. The molecular formula is C59H96O6. The number of unbranched alkanes of at least 4 members (excludes halogenated alkanes) is 17. The van der Waals surface area contributed by atoms with E-state index in [-0.39, 0.29) is 31.1 Å². The molecule has 0 aromatic heterocycles. The van der Waals surface area contributed by atoms with Crippen LogP contribution in [0.4, 0.5) is 0 Å². The van der Waals surface area contributed by atoms with E-state index in [0.717, 1.165) is 141 Å². The maximum absolute atomic E-state index is 12.8. The van der Waals surface area contributed by atoms with E-state index in [1.54, 1.807) is 0 Å². The summed E-state index contributed by atoms with van der Waals surface area (Å²) in [5.74, 6) is -0.960. The zero-order chi connectivity index (χ0) is 47.2. The molecule has 368 valence electrons. The van der Waals surface area contributed by atoms with Crippen molar-refractivity contribution in [2.24, 2.45) is 0 Å². The van der Waals surface area contributed by atoms with Crippen molar-refractivity contribution in [1.29, 1.82) is 0 Å². The van der Waals surface area contributed by atoms with E-state index >= 15 is 0 Å². The van der Waals surface area contributed by atoms with Gasteiger partial charge in [-0.1, -0.05) is 194 Å². The van der Waals surface area contributed by atoms with E-state index in [4.69, 9.17) is 14.2 Å². The number of allylic oxidation sites excluding steroid dienone is 18. The van der Waals surface area contributed by atoms with Crippen molar-refractivity contribution in [3.63, 3.8) is 0 Å². The van der Waals surface area contributed by atoms with Crippen LogP contribution in [-0.2, 0) is 28.6 Å². The lowest BCUT2D eigenvalue weighted by molar-refractivity contribution is -0.167. The minimum atomic E-state index is -0.804. The van der Waals surface area contributed by atoms with Crippen LogP contribution >= 0.6 is 0 Å². The van der Waals surface area contributed by atoms with Gasteiger partial charge in [-0.15, -0.1) is 0 Å². The minimum absolute atomic E-state index is 0.100. The van der Waals surface area contributed by atoms with Gasteiger partial charge in [0, 0.05) is 19.3 Å². The van der Waals surface area contributed by atoms with Crippen molar-refractivity contribution in [2.75, 3.05) is 13.2 Å². The molecule has 0 aliphatic rings. The molecule has 0 heterocycles. The van der Waals surface area contributed by atoms with Gasteiger partial charge in [0.1, 0.15) is 13.2 Å². The third-order valence-corrected chi connectivity index (χ3v) is 10.7. The fourth-order valence-corrected chi connectivity index (χ4v) is 6.83. The molecule has 0 N–H and O–H groups in total. The molecule has 1 atom stereocenters. The Labute approximate surface area is 400 Å². The molecule has 6 heteroatoms. The molecule has 0 aliphatic carbocycles. The Kier molecular flexibility index (Phi) is 49.5. The second-order valence-electron chi connectivity index (χ2n) is 17.0. The second kappa shape index (κ2) is 52.7. The third-order valence-electron chi connectivity index (χ3n) is 10.7. The largest absolute Gasteiger partial charge is 0.462 e. The molecule has 0 aliphatic heterocycles. The van der Waals surface area contributed by atoms with Gasteiger partial charge in [-0.3, -0.25) is 14.4 Å². The van der Waals surface area contributed by atoms with E-state index in [0.29, 0.717) is 19.3 Å². The minimum Gasteiger partial charge on any atom is -0.462 e.